The quantitative estimate of drug-likeness (QED) is 0.733. The number of carbonyl (C=O) groups is 1. The molecule has 16 heavy (non-hydrogen) atoms. The van der Waals surface area contributed by atoms with Crippen molar-refractivity contribution in [1.29, 1.82) is 0 Å². The molecule has 4 nitrogen and oxygen atoms in total. The molecule has 1 aromatic heterocycles. The number of methoxy groups -OCH3 is 1. The zero-order chi connectivity index (χ0) is 11.4. The Morgan fingerprint density at radius 2 is 2.19 bits per heavy atom. The summed E-state index contributed by atoms with van der Waals surface area (Å²) in [5, 5.41) is 0. The highest BCUT2D eigenvalue weighted by atomic mass is 16.5. The third-order valence-corrected chi connectivity index (χ3v) is 2.13. The zero-order valence-corrected chi connectivity index (χ0v) is 8.75. The fourth-order valence-electron chi connectivity index (χ4n) is 1.34. The van der Waals surface area contributed by atoms with Gasteiger partial charge in [-0.3, -0.25) is 4.79 Å². The first-order valence-corrected chi connectivity index (χ1v) is 4.76. The van der Waals surface area contributed by atoms with Crippen LogP contribution in [0.15, 0.2) is 36.5 Å². The van der Waals surface area contributed by atoms with E-state index < -0.39 is 0 Å². The van der Waals surface area contributed by atoms with Crippen LogP contribution in [0, 0.1) is 0 Å². The minimum atomic E-state index is 0.368. The van der Waals surface area contributed by atoms with Crippen molar-refractivity contribution in [2.45, 2.75) is 0 Å². The first-order chi connectivity index (χ1) is 7.83. The van der Waals surface area contributed by atoms with Crippen LogP contribution in [0.4, 0.5) is 0 Å². The van der Waals surface area contributed by atoms with Gasteiger partial charge in [-0.15, -0.1) is 0 Å². The molecule has 0 bridgehead atoms. The summed E-state index contributed by atoms with van der Waals surface area (Å²) in [5.41, 5.74) is 1.19. The summed E-state index contributed by atoms with van der Waals surface area (Å²) in [6.07, 6.45) is 2.26. The third-order valence-electron chi connectivity index (χ3n) is 2.13. The topological polar surface area (TPSA) is 52.1 Å². The highest BCUT2D eigenvalue weighted by Crippen LogP contribution is 2.20. The maximum atomic E-state index is 10.6. The van der Waals surface area contributed by atoms with Crippen LogP contribution in [0.3, 0.4) is 0 Å². The molecule has 0 saturated carbocycles. The van der Waals surface area contributed by atoms with Crippen LogP contribution in [0.25, 0.3) is 11.4 Å². The van der Waals surface area contributed by atoms with Gasteiger partial charge < -0.3 is 4.74 Å². The SMILES string of the molecule is COc1cccc(-c2nccc(C=O)n2)c1. The number of carbonyl (C=O) groups excluding carboxylic acids is 1. The van der Waals surface area contributed by atoms with Crippen molar-refractivity contribution < 1.29 is 9.53 Å². The van der Waals surface area contributed by atoms with Gasteiger partial charge in [0.05, 0.1) is 7.11 Å². The van der Waals surface area contributed by atoms with E-state index in [0.29, 0.717) is 17.8 Å². The summed E-state index contributed by atoms with van der Waals surface area (Å²) in [5.74, 6) is 1.25. The van der Waals surface area contributed by atoms with Crippen molar-refractivity contribution in [3.63, 3.8) is 0 Å². The van der Waals surface area contributed by atoms with Gasteiger partial charge in [0.1, 0.15) is 11.4 Å². The number of hydrogen-bond donors (Lipinski definition) is 0. The van der Waals surface area contributed by atoms with Crippen molar-refractivity contribution in [3.8, 4) is 17.1 Å². The van der Waals surface area contributed by atoms with Crippen molar-refractivity contribution >= 4 is 6.29 Å². The predicted octanol–water partition coefficient (Wildman–Crippen LogP) is 1.96. The van der Waals surface area contributed by atoms with E-state index >= 15 is 0 Å². The number of hydrogen-bond acceptors (Lipinski definition) is 4. The molecule has 0 amide bonds. The van der Waals surface area contributed by atoms with Crippen molar-refractivity contribution in [2.75, 3.05) is 7.11 Å². The molecule has 0 aliphatic heterocycles. The van der Waals surface area contributed by atoms with Crippen LogP contribution in [-0.2, 0) is 0 Å². The molecule has 4 heteroatoms. The van der Waals surface area contributed by atoms with E-state index in [1.54, 1.807) is 19.4 Å². The summed E-state index contributed by atoms with van der Waals surface area (Å²) < 4.78 is 5.11. The lowest BCUT2D eigenvalue weighted by atomic mass is 10.2. The Kier molecular flexibility index (Phi) is 2.91. The van der Waals surface area contributed by atoms with Gasteiger partial charge in [0.25, 0.3) is 0 Å². The fraction of sp³-hybridized carbons (Fsp3) is 0.0833. The van der Waals surface area contributed by atoms with Crippen LogP contribution in [0.5, 0.6) is 5.75 Å². The Hall–Kier alpha value is -2.23. The van der Waals surface area contributed by atoms with Gasteiger partial charge in [-0.05, 0) is 18.2 Å². The Bertz CT molecular complexity index is 512. The monoisotopic (exact) mass is 214 g/mol. The van der Waals surface area contributed by atoms with Gasteiger partial charge in [-0.25, -0.2) is 9.97 Å². The third kappa shape index (κ3) is 2.06. The molecule has 1 heterocycles. The molecule has 0 N–H and O–H groups in total. The second kappa shape index (κ2) is 4.53. The van der Waals surface area contributed by atoms with Crippen LogP contribution in [0.1, 0.15) is 10.5 Å². The molecule has 0 unspecified atom stereocenters. The highest BCUT2D eigenvalue weighted by Gasteiger charge is 2.03. The minimum Gasteiger partial charge on any atom is -0.497 e. The summed E-state index contributed by atoms with van der Waals surface area (Å²) in [7, 11) is 1.60. The van der Waals surface area contributed by atoms with Crippen molar-refractivity contribution in [3.05, 3.63) is 42.2 Å². The summed E-state index contributed by atoms with van der Waals surface area (Å²) in [4.78, 5) is 18.8. The molecule has 1 aromatic carbocycles. The Balaban J connectivity index is 2.45. The highest BCUT2D eigenvalue weighted by molar-refractivity contribution is 5.72. The first kappa shape index (κ1) is 10.3. The standard InChI is InChI=1S/C12H10N2O2/c1-16-11-4-2-3-9(7-11)12-13-6-5-10(8-15)14-12/h2-8H,1H3. The van der Waals surface area contributed by atoms with Crippen LogP contribution >= 0.6 is 0 Å². The number of nitrogens with zero attached hydrogens (tertiary/aromatic N) is 2. The molecule has 0 radical (unpaired) electrons. The smallest absolute Gasteiger partial charge is 0.168 e. The molecular formula is C12H10N2O2. The number of ether oxygens (including phenoxy) is 1. The van der Waals surface area contributed by atoms with E-state index in [1.807, 2.05) is 24.3 Å². The number of aldehydes is 1. The predicted molar refractivity (Wildman–Crippen MR) is 59.4 cm³/mol. The first-order valence-electron chi connectivity index (χ1n) is 4.76. The minimum absolute atomic E-state index is 0.368. The molecule has 0 aliphatic rings. The van der Waals surface area contributed by atoms with Crippen LogP contribution in [-0.4, -0.2) is 23.4 Å². The summed E-state index contributed by atoms with van der Waals surface area (Å²) >= 11 is 0. The van der Waals surface area contributed by atoms with E-state index in [4.69, 9.17) is 4.74 Å². The fourth-order valence-corrected chi connectivity index (χ4v) is 1.34. The maximum Gasteiger partial charge on any atom is 0.168 e. The zero-order valence-electron chi connectivity index (χ0n) is 8.75. The molecule has 2 rings (SSSR count). The Morgan fingerprint density at radius 3 is 2.94 bits per heavy atom. The second-order valence-electron chi connectivity index (χ2n) is 3.15. The van der Waals surface area contributed by atoms with Gasteiger partial charge >= 0.3 is 0 Å². The van der Waals surface area contributed by atoms with E-state index in [0.717, 1.165) is 11.3 Å². The van der Waals surface area contributed by atoms with Gasteiger partial charge in [0.15, 0.2) is 12.1 Å². The maximum absolute atomic E-state index is 10.6. The normalized spacial score (nSPS) is 9.81. The van der Waals surface area contributed by atoms with Gasteiger partial charge in [0.2, 0.25) is 0 Å². The lowest BCUT2D eigenvalue weighted by molar-refractivity contribution is 0.111. The number of benzene rings is 1. The summed E-state index contributed by atoms with van der Waals surface area (Å²) in [6.45, 7) is 0. The molecule has 80 valence electrons. The molecule has 0 fully saturated rings. The molecule has 0 spiro atoms. The average molecular weight is 214 g/mol. The average Bonchev–Trinajstić information content (AvgIpc) is 2.39. The van der Waals surface area contributed by atoms with Crippen molar-refractivity contribution in [2.24, 2.45) is 0 Å². The van der Waals surface area contributed by atoms with Crippen LogP contribution in [0.2, 0.25) is 0 Å². The molecular weight excluding hydrogens is 204 g/mol. The van der Waals surface area contributed by atoms with Gasteiger partial charge in [-0.2, -0.15) is 0 Å². The lowest BCUT2D eigenvalue weighted by Crippen LogP contribution is -1.93. The van der Waals surface area contributed by atoms with E-state index in [-0.39, 0.29) is 0 Å². The molecule has 0 aliphatic carbocycles. The lowest BCUT2D eigenvalue weighted by Gasteiger charge is -2.03. The molecule has 0 saturated heterocycles. The van der Waals surface area contributed by atoms with Crippen LogP contribution < -0.4 is 4.74 Å². The molecule has 2 aromatic rings. The van der Waals surface area contributed by atoms with E-state index in [2.05, 4.69) is 9.97 Å². The van der Waals surface area contributed by atoms with Gasteiger partial charge in [0, 0.05) is 11.8 Å². The second-order valence-corrected chi connectivity index (χ2v) is 3.15. The summed E-state index contributed by atoms with van der Waals surface area (Å²) in [6, 6.07) is 8.95. The Morgan fingerprint density at radius 1 is 1.31 bits per heavy atom. The number of aromatic nitrogens is 2. The van der Waals surface area contributed by atoms with E-state index in [1.165, 1.54) is 0 Å². The molecule has 0 atom stereocenters. The number of rotatable bonds is 3. The van der Waals surface area contributed by atoms with E-state index in [9.17, 15) is 4.79 Å². The van der Waals surface area contributed by atoms with Gasteiger partial charge in [-0.1, -0.05) is 12.1 Å². The largest absolute Gasteiger partial charge is 0.497 e. The van der Waals surface area contributed by atoms with Crippen molar-refractivity contribution in [1.82, 2.24) is 9.97 Å². The Labute approximate surface area is 92.9 Å².